The van der Waals surface area contributed by atoms with Crippen LogP contribution < -0.4 is 16.4 Å². The van der Waals surface area contributed by atoms with Gasteiger partial charge in [0.15, 0.2) is 0 Å². The van der Waals surface area contributed by atoms with E-state index in [9.17, 15) is 23.2 Å². The predicted molar refractivity (Wildman–Crippen MR) is 113 cm³/mol. The maximum atomic E-state index is 13.0. The summed E-state index contributed by atoms with van der Waals surface area (Å²) in [6.45, 7) is 0.288. The molecule has 164 valence electrons. The normalized spacial score (nSPS) is 14.0. The SMILES string of the molecule is CC(C)c1nn(CC(=O)Nc2cc(Cl)c(=O)n(C(F)F)c2)c(=O)c2sc(C3CC3)nc12. The van der Waals surface area contributed by atoms with E-state index in [2.05, 4.69) is 15.4 Å². The first-order chi connectivity index (χ1) is 14.7. The number of nitrogens with zero attached hydrogens (tertiary/aromatic N) is 4. The molecule has 8 nitrogen and oxygen atoms in total. The van der Waals surface area contributed by atoms with Gasteiger partial charge >= 0.3 is 6.55 Å². The standard InChI is InChI=1S/C19H18ClF2N5O3S/c1-8(2)13-14-15(31-16(24-14)9-3-4-9)18(30)27(25-13)7-12(28)23-10-5-11(20)17(29)26(6-10)19(21)22/h5-6,8-9,19H,3-4,7H2,1-2H3,(H,23,28). The van der Waals surface area contributed by atoms with Gasteiger partial charge in [0.05, 0.1) is 16.4 Å². The molecule has 1 fully saturated rings. The van der Waals surface area contributed by atoms with E-state index >= 15 is 0 Å². The Morgan fingerprint density at radius 1 is 1.32 bits per heavy atom. The molecule has 0 bridgehead atoms. The van der Waals surface area contributed by atoms with Gasteiger partial charge in [-0.2, -0.15) is 13.9 Å². The first-order valence-electron chi connectivity index (χ1n) is 9.56. The lowest BCUT2D eigenvalue weighted by atomic mass is 10.1. The second-order valence-corrected chi connectivity index (χ2v) is 9.06. The van der Waals surface area contributed by atoms with Crippen LogP contribution in [0.3, 0.4) is 0 Å². The number of fused-ring (bicyclic) bond motifs is 1. The van der Waals surface area contributed by atoms with Crippen LogP contribution in [0.15, 0.2) is 21.9 Å². The Hall–Kier alpha value is -2.66. The monoisotopic (exact) mass is 469 g/mol. The highest BCUT2D eigenvalue weighted by atomic mass is 35.5. The van der Waals surface area contributed by atoms with Crippen molar-refractivity contribution in [3.8, 4) is 0 Å². The maximum Gasteiger partial charge on any atom is 0.321 e. The summed E-state index contributed by atoms with van der Waals surface area (Å²) in [5.74, 6) is -0.324. The molecule has 4 rings (SSSR count). The van der Waals surface area contributed by atoms with Crippen LogP contribution >= 0.6 is 22.9 Å². The number of hydrogen-bond donors (Lipinski definition) is 1. The van der Waals surface area contributed by atoms with Gasteiger partial charge in [-0.1, -0.05) is 25.4 Å². The number of pyridine rings is 1. The van der Waals surface area contributed by atoms with Crippen LogP contribution in [0.5, 0.6) is 0 Å². The zero-order valence-electron chi connectivity index (χ0n) is 16.6. The van der Waals surface area contributed by atoms with Gasteiger partial charge < -0.3 is 5.32 Å². The largest absolute Gasteiger partial charge is 0.323 e. The number of carbonyl (C=O) groups excluding carboxylic acids is 1. The molecule has 0 atom stereocenters. The third kappa shape index (κ3) is 4.24. The van der Waals surface area contributed by atoms with Crippen molar-refractivity contribution in [2.45, 2.75) is 51.6 Å². The fraction of sp³-hybridized carbons (Fsp3) is 0.421. The molecule has 0 radical (unpaired) electrons. The Morgan fingerprint density at radius 3 is 2.65 bits per heavy atom. The smallest absolute Gasteiger partial charge is 0.321 e. The van der Waals surface area contributed by atoms with E-state index in [1.807, 2.05) is 13.8 Å². The van der Waals surface area contributed by atoms with Gasteiger partial charge in [-0.15, -0.1) is 11.3 Å². The molecule has 31 heavy (non-hydrogen) atoms. The molecule has 3 aromatic rings. The van der Waals surface area contributed by atoms with Gasteiger partial charge in [0.1, 0.15) is 21.8 Å². The molecule has 0 aromatic carbocycles. The average molecular weight is 470 g/mol. The fourth-order valence-corrected chi connectivity index (χ4v) is 4.52. The summed E-state index contributed by atoms with van der Waals surface area (Å²) in [4.78, 5) is 41.7. The topological polar surface area (TPSA) is 98.9 Å². The number of carbonyl (C=O) groups is 1. The van der Waals surface area contributed by atoms with Gasteiger partial charge in [-0.25, -0.2) is 9.67 Å². The lowest BCUT2D eigenvalue weighted by Crippen LogP contribution is -2.31. The van der Waals surface area contributed by atoms with Crippen molar-refractivity contribution in [2.24, 2.45) is 0 Å². The molecule has 12 heteroatoms. The lowest BCUT2D eigenvalue weighted by molar-refractivity contribution is -0.117. The summed E-state index contributed by atoms with van der Waals surface area (Å²) >= 11 is 7.02. The number of halogens is 3. The summed E-state index contributed by atoms with van der Waals surface area (Å²) in [6.07, 6.45) is 2.88. The second-order valence-electron chi connectivity index (χ2n) is 7.62. The molecular formula is C19H18ClF2N5O3S. The van der Waals surface area contributed by atoms with Gasteiger partial charge in [0.2, 0.25) is 5.91 Å². The minimum Gasteiger partial charge on any atom is -0.323 e. The predicted octanol–water partition coefficient (Wildman–Crippen LogP) is 3.70. The van der Waals surface area contributed by atoms with Gasteiger partial charge in [-0.3, -0.25) is 19.0 Å². The number of hydrogen-bond acceptors (Lipinski definition) is 6. The minimum absolute atomic E-state index is 0.0278. The highest BCUT2D eigenvalue weighted by molar-refractivity contribution is 7.18. The number of alkyl halides is 2. The van der Waals surface area contributed by atoms with Crippen LogP contribution in [0, 0.1) is 0 Å². The van der Waals surface area contributed by atoms with E-state index in [1.165, 1.54) is 11.3 Å². The van der Waals surface area contributed by atoms with Crippen molar-refractivity contribution in [1.29, 1.82) is 0 Å². The summed E-state index contributed by atoms with van der Waals surface area (Å²) in [6, 6.07) is 1.07. The van der Waals surface area contributed by atoms with E-state index in [1.54, 1.807) is 0 Å². The molecule has 0 aliphatic heterocycles. The van der Waals surface area contributed by atoms with Crippen molar-refractivity contribution >= 4 is 44.7 Å². The number of anilines is 1. The van der Waals surface area contributed by atoms with Crippen LogP contribution in [-0.2, 0) is 11.3 Å². The second kappa shape index (κ2) is 8.12. The molecule has 3 heterocycles. The zero-order chi connectivity index (χ0) is 22.4. The minimum atomic E-state index is -3.12. The molecule has 1 aliphatic carbocycles. The molecular weight excluding hydrogens is 452 g/mol. The Morgan fingerprint density at radius 2 is 2.03 bits per heavy atom. The van der Waals surface area contributed by atoms with Crippen LogP contribution in [0.4, 0.5) is 14.5 Å². The molecule has 1 N–H and O–H groups in total. The van der Waals surface area contributed by atoms with Crippen LogP contribution in [0.2, 0.25) is 5.02 Å². The van der Waals surface area contributed by atoms with Crippen molar-refractivity contribution in [3.05, 3.63) is 48.7 Å². The Kier molecular flexibility index (Phi) is 5.65. The zero-order valence-corrected chi connectivity index (χ0v) is 18.1. The summed E-state index contributed by atoms with van der Waals surface area (Å²) < 4.78 is 27.6. The Balaban J connectivity index is 1.65. The first-order valence-corrected chi connectivity index (χ1v) is 10.8. The highest BCUT2D eigenvalue weighted by Gasteiger charge is 2.29. The molecule has 1 amide bonds. The average Bonchev–Trinajstić information content (AvgIpc) is 3.45. The third-order valence-corrected chi connectivity index (χ3v) is 6.28. The molecule has 1 saturated carbocycles. The van der Waals surface area contributed by atoms with E-state index in [0.29, 0.717) is 21.8 Å². The lowest BCUT2D eigenvalue weighted by Gasteiger charge is -2.12. The van der Waals surface area contributed by atoms with E-state index in [-0.39, 0.29) is 16.2 Å². The number of aromatic nitrogens is 4. The van der Waals surface area contributed by atoms with E-state index in [0.717, 1.165) is 34.8 Å². The van der Waals surface area contributed by atoms with E-state index in [4.69, 9.17) is 11.6 Å². The van der Waals surface area contributed by atoms with Crippen molar-refractivity contribution in [3.63, 3.8) is 0 Å². The Bertz CT molecular complexity index is 1300. The summed E-state index contributed by atoms with van der Waals surface area (Å²) in [5, 5.41) is 7.16. The number of amides is 1. The first kappa shape index (κ1) is 21.6. The van der Waals surface area contributed by atoms with Crippen LogP contribution in [0.1, 0.15) is 55.8 Å². The summed E-state index contributed by atoms with van der Waals surface area (Å²) in [7, 11) is 0. The van der Waals surface area contributed by atoms with Gasteiger partial charge in [0, 0.05) is 12.1 Å². The molecule has 3 aromatic heterocycles. The van der Waals surface area contributed by atoms with Crippen molar-refractivity contribution in [1.82, 2.24) is 19.3 Å². The number of rotatable bonds is 6. The van der Waals surface area contributed by atoms with Crippen LogP contribution in [0.25, 0.3) is 10.2 Å². The maximum absolute atomic E-state index is 13.0. The Labute approximate surface area is 183 Å². The molecule has 0 spiro atoms. The van der Waals surface area contributed by atoms with Crippen molar-refractivity contribution in [2.75, 3.05) is 5.32 Å². The molecule has 0 unspecified atom stereocenters. The van der Waals surface area contributed by atoms with E-state index < -0.39 is 35.1 Å². The van der Waals surface area contributed by atoms with Crippen LogP contribution in [-0.4, -0.2) is 25.2 Å². The third-order valence-electron chi connectivity index (χ3n) is 4.80. The molecule has 1 aliphatic rings. The number of thiazole rings is 1. The van der Waals surface area contributed by atoms with Crippen molar-refractivity contribution < 1.29 is 13.6 Å². The number of nitrogens with one attached hydrogen (secondary N) is 1. The fourth-order valence-electron chi connectivity index (χ4n) is 3.11. The van der Waals surface area contributed by atoms with Gasteiger partial charge in [0.25, 0.3) is 11.1 Å². The molecule has 0 saturated heterocycles. The highest BCUT2D eigenvalue weighted by Crippen LogP contribution is 2.43. The summed E-state index contributed by atoms with van der Waals surface area (Å²) in [5.41, 5.74) is -0.424. The quantitative estimate of drug-likeness (QED) is 0.593. The van der Waals surface area contributed by atoms with Gasteiger partial charge in [-0.05, 0) is 24.8 Å².